The van der Waals surface area contributed by atoms with Crippen LogP contribution < -0.4 is 14.4 Å². The summed E-state index contributed by atoms with van der Waals surface area (Å²) in [4.78, 5) is 28.6. The Bertz CT molecular complexity index is 1410. The van der Waals surface area contributed by atoms with Crippen LogP contribution in [0.2, 0.25) is 5.02 Å². The Morgan fingerprint density at radius 1 is 1.00 bits per heavy atom. The average Bonchev–Trinajstić information content (AvgIpc) is 3.47. The summed E-state index contributed by atoms with van der Waals surface area (Å²) in [6, 6.07) is 20.8. The SMILES string of the molecule is COc1ccc(S(=O)(=O)N(CC(=O)N(Cc2ccccc2)C(C)C(=O)NC2CCCC2)c2cccc(Cl)c2)cc1. The number of sulfonamides is 1. The van der Waals surface area contributed by atoms with E-state index in [1.165, 1.54) is 30.2 Å². The summed E-state index contributed by atoms with van der Waals surface area (Å²) in [6.07, 6.45) is 3.94. The van der Waals surface area contributed by atoms with Crippen molar-refractivity contribution in [3.63, 3.8) is 0 Å². The molecule has 4 rings (SSSR count). The van der Waals surface area contributed by atoms with Crippen LogP contribution in [0.25, 0.3) is 0 Å². The zero-order valence-electron chi connectivity index (χ0n) is 22.6. The van der Waals surface area contributed by atoms with Crippen LogP contribution in [0.15, 0.2) is 83.8 Å². The molecule has 0 bridgehead atoms. The third kappa shape index (κ3) is 7.14. The van der Waals surface area contributed by atoms with Crippen molar-refractivity contribution in [1.29, 1.82) is 0 Å². The minimum Gasteiger partial charge on any atom is -0.497 e. The number of hydrogen-bond acceptors (Lipinski definition) is 5. The molecule has 0 aliphatic heterocycles. The number of carbonyl (C=O) groups excluding carboxylic acids is 2. The fourth-order valence-corrected chi connectivity index (χ4v) is 6.38. The molecule has 0 radical (unpaired) electrons. The van der Waals surface area contributed by atoms with Crippen LogP contribution in [0, 0.1) is 0 Å². The molecule has 8 nitrogen and oxygen atoms in total. The second-order valence-electron chi connectivity index (χ2n) is 9.84. The Morgan fingerprint density at radius 3 is 2.30 bits per heavy atom. The van der Waals surface area contributed by atoms with Gasteiger partial charge < -0.3 is 15.0 Å². The van der Waals surface area contributed by atoms with Crippen LogP contribution in [-0.2, 0) is 26.2 Å². The molecular weight excluding hydrogens is 550 g/mol. The Balaban J connectivity index is 1.67. The van der Waals surface area contributed by atoms with Crippen molar-refractivity contribution in [2.24, 2.45) is 0 Å². The quantitative estimate of drug-likeness (QED) is 0.342. The molecule has 1 atom stereocenters. The zero-order valence-corrected chi connectivity index (χ0v) is 24.2. The zero-order chi connectivity index (χ0) is 28.7. The number of hydrogen-bond donors (Lipinski definition) is 1. The highest BCUT2D eigenvalue weighted by Crippen LogP contribution is 2.28. The van der Waals surface area contributed by atoms with E-state index < -0.39 is 28.5 Å². The number of ether oxygens (including phenoxy) is 1. The van der Waals surface area contributed by atoms with Gasteiger partial charge in [0.25, 0.3) is 10.0 Å². The van der Waals surface area contributed by atoms with Crippen molar-refractivity contribution >= 4 is 39.1 Å². The van der Waals surface area contributed by atoms with Gasteiger partial charge in [0.2, 0.25) is 11.8 Å². The smallest absolute Gasteiger partial charge is 0.264 e. The number of anilines is 1. The molecule has 0 aromatic heterocycles. The van der Waals surface area contributed by atoms with E-state index in [1.807, 2.05) is 30.3 Å². The van der Waals surface area contributed by atoms with Gasteiger partial charge in [-0.2, -0.15) is 0 Å². The Hall–Kier alpha value is -3.56. The van der Waals surface area contributed by atoms with Gasteiger partial charge in [-0.1, -0.05) is 60.8 Å². The molecule has 0 saturated heterocycles. The minimum absolute atomic E-state index is 0.0114. The fourth-order valence-electron chi connectivity index (χ4n) is 4.79. The first kappa shape index (κ1) is 29.4. The number of rotatable bonds is 11. The lowest BCUT2D eigenvalue weighted by Crippen LogP contribution is -2.52. The number of nitrogens with zero attached hydrogens (tertiary/aromatic N) is 2. The molecule has 10 heteroatoms. The second kappa shape index (κ2) is 13.2. The average molecular weight is 584 g/mol. The van der Waals surface area contributed by atoms with Gasteiger partial charge >= 0.3 is 0 Å². The van der Waals surface area contributed by atoms with Gasteiger partial charge in [-0.15, -0.1) is 0 Å². The molecule has 0 spiro atoms. The maximum atomic E-state index is 14.0. The first-order chi connectivity index (χ1) is 19.2. The van der Waals surface area contributed by atoms with E-state index in [9.17, 15) is 18.0 Å². The van der Waals surface area contributed by atoms with E-state index in [1.54, 1.807) is 37.3 Å². The minimum atomic E-state index is -4.19. The van der Waals surface area contributed by atoms with Crippen molar-refractivity contribution in [1.82, 2.24) is 10.2 Å². The molecule has 1 aliphatic carbocycles. The Kier molecular flexibility index (Phi) is 9.71. The third-order valence-electron chi connectivity index (χ3n) is 7.09. The van der Waals surface area contributed by atoms with Crippen LogP contribution in [0.1, 0.15) is 38.2 Å². The molecule has 1 unspecified atom stereocenters. The molecule has 1 fully saturated rings. The van der Waals surface area contributed by atoms with Crippen molar-refractivity contribution in [3.8, 4) is 5.75 Å². The van der Waals surface area contributed by atoms with Gasteiger partial charge in [0.15, 0.2) is 0 Å². The number of methoxy groups -OCH3 is 1. The largest absolute Gasteiger partial charge is 0.497 e. The highest BCUT2D eigenvalue weighted by atomic mass is 35.5. The van der Waals surface area contributed by atoms with Crippen LogP contribution >= 0.6 is 11.6 Å². The number of benzene rings is 3. The normalized spacial score (nSPS) is 14.4. The molecule has 1 saturated carbocycles. The Labute approximate surface area is 240 Å². The summed E-state index contributed by atoms with van der Waals surface area (Å²) in [6.45, 7) is 1.29. The van der Waals surface area contributed by atoms with Crippen molar-refractivity contribution in [2.45, 2.75) is 56.1 Å². The Morgan fingerprint density at radius 2 is 1.68 bits per heavy atom. The van der Waals surface area contributed by atoms with Gasteiger partial charge in [0, 0.05) is 17.6 Å². The molecule has 1 aliphatic rings. The van der Waals surface area contributed by atoms with Crippen LogP contribution in [-0.4, -0.2) is 50.9 Å². The first-order valence-electron chi connectivity index (χ1n) is 13.2. The van der Waals surface area contributed by atoms with Gasteiger partial charge in [0.1, 0.15) is 18.3 Å². The second-order valence-corrected chi connectivity index (χ2v) is 12.1. The topological polar surface area (TPSA) is 96.0 Å². The summed E-state index contributed by atoms with van der Waals surface area (Å²) in [5, 5.41) is 3.39. The van der Waals surface area contributed by atoms with Crippen LogP contribution in [0.3, 0.4) is 0 Å². The third-order valence-corrected chi connectivity index (χ3v) is 9.11. The summed E-state index contributed by atoms with van der Waals surface area (Å²) in [7, 11) is -2.70. The molecular formula is C30H34ClN3O5S. The number of nitrogens with one attached hydrogen (secondary N) is 1. The lowest BCUT2D eigenvalue weighted by molar-refractivity contribution is -0.139. The molecule has 40 heavy (non-hydrogen) atoms. The van der Waals surface area contributed by atoms with E-state index in [4.69, 9.17) is 16.3 Å². The summed E-state index contributed by atoms with van der Waals surface area (Å²) < 4.78 is 34.0. The summed E-state index contributed by atoms with van der Waals surface area (Å²) in [5.41, 5.74) is 1.06. The van der Waals surface area contributed by atoms with E-state index in [0.717, 1.165) is 35.6 Å². The predicted octanol–water partition coefficient (Wildman–Crippen LogP) is 5.02. The van der Waals surface area contributed by atoms with Crippen molar-refractivity contribution < 1.29 is 22.7 Å². The van der Waals surface area contributed by atoms with Gasteiger partial charge in [0.05, 0.1) is 17.7 Å². The van der Waals surface area contributed by atoms with Crippen LogP contribution in [0.5, 0.6) is 5.75 Å². The fraction of sp³-hybridized carbons (Fsp3) is 0.333. The molecule has 3 aromatic carbocycles. The maximum Gasteiger partial charge on any atom is 0.264 e. The monoisotopic (exact) mass is 583 g/mol. The molecule has 3 aromatic rings. The maximum absolute atomic E-state index is 14.0. The van der Waals surface area contributed by atoms with Gasteiger partial charge in [-0.3, -0.25) is 13.9 Å². The van der Waals surface area contributed by atoms with Crippen molar-refractivity contribution in [3.05, 3.63) is 89.4 Å². The number of amides is 2. The van der Waals surface area contributed by atoms with E-state index in [0.29, 0.717) is 10.8 Å². The van der Waals surface area contributed by atoms with Gasteiger partial charge in [-0.05, 0) is 67.8 Å². The highest BCUT2D eigenvalue weighted by molar-refractivity contribution is 7.92. The lowest BCUT2D eigenvalue weighted by Gasteiger charge is -2.32. The lowest BCUT2D eigenvalue weighted by atomic mass is 10.1. The molecule has 0 heterocycles. The molecule has 212 valence electrons. The molecule has 1 N–H and O–H groups in total. The summed E-state index contributed by atoms with van der Waals surface area (Å²) in [5.74, 6) is -0.279. The predicted molar refractivity (Wildman–Crippen MR) is 156 cm³/mol. The summed E-state index contributed by atoms with van der Waals surface area (Å²) >= 11 is 6.22. The van der Waals surface area contributed by atoms with Gasteiger partial charge in [-0.25, -0.2) is 8.42 Å². The van der Waals surface area contributed by atoms with Crippen LogP contribution in [0.4, 0.5) is 5.69 Å². The number of halogens is 1. The highest BCUT2D eigenvalue weighted by Gasteiger charge is 2.33. The van der Waals surface area contributed by atoms with E-state index in [-0.39, 0.29) is 29.1 Å². The molecule has 2 amide bonds. The van der Waals surface area contributed by atoms with E-state index >= 15 is 0 Å². The van der Waals surface area contributed by atoms with E-state index in [2.05, 4.69) is 5.32 Å². The first-order valence-corrected chi connectivity index (χ1v) is 15.1. The number of carbonyl (C=O) groups is 2. The van der Waals surface area contributed by atoms with Crippen molar-refractivity contribution in [2.75, 3.05) is 18.0 Å². The standard InChI is InChI=1S/C30H34ClN3O5S/c1-22(30(36)32-25-12-6-7-13-25)33(20-23-9-4-3-5-10-23)29(35)21-34(26-14-8-11-24(31)19-26)40(37,38)28-17-15-27(39-2)16-18-28/h3-5,8-11,14-19,22,25H,6-7,12-13,20-21H2,1-2H3,(H,32,36).